The Balaban J connectivity index is 0.000000187. The molecule has 0 fully saturated rings. The maximum Gasteiger partial charge on any atom is 0.166 e. The van der Waals surface area contributed by atoms with Crippen molar-refractivity contribution < 1.29 is 4.74 Å². The first kappa shape index (κ1) is 9.62. The summed E-state index contributed by atoms with van der Waals surface area (Å²) in [4.78, 5) is 3.78. The smallest absolute Gasteiger partial charge is 0.166 e. The van der Waals surface area contributed by atoms with Crippen molar-refractivity contribution in [1.82, 2.24) is 4.98 Å². The van der Waals surface area contributed by atoms with Gasteiger partial charge in [-0.15, -0.1) is 0 Å². The molecule has 1 aromatic rings. The Morgan fingerprint density at radius 2 is 2.00 bits per heavy atom. The lowest BCUT2D eigenvalue weighted by molar-refractivity contribution is 0.341. The molecule has 0 aliphatic rings. The number of aromatic nitrogens is 1. The third-order valence-electron chi connectivity index (χ3n) is 0.816. The van der Waals surface area contributed by atoms with E-state index in [1.54, 1.807) is 12.4 Å². The molecule has 0 saturated heterocycles. The first-order chi connectivity index (χ1) is 5.41. The van der Waals surface area contributed by atoms with Crippen molar-refractivity contribution in [2.45, 2.75) is 6.92 Å². The second kappa shape index (κ2) is 8.62. The molecule has 60 valence electrons. The lowest BCUT2D eigenvalue weighted by Gasteiger charge is -1.82. The van der Waals surface area contributed by atoms with Gasteiger partial charge in [-0.25, -0.2) is 0 Å². The molecule has 1 rings (SSSR count). The summed E-state index contributed by atoms with van der Waals surface area (Å²) in [6.07, 6.45) is 4.43. The lowest BCUT2D eigenvalue weighted by atomic mass is 10.5. The van der Waals surface area contributed by atoms with Crippen LogP contribution in [0.15, 0.2) is 30.6 Å². The van der Waals surface area contributed by atoms with E-state index in [1.807, 2.05) is 25.1 Å². The molecule has 0 radical (unpaired) electrons. The molecule has 1 heterocycles. The Morgan fingerprint density at radius 3 is 2.09 bits per heavy atom. The van der Waals surface area contributed by atoms with Gasteiger partial charge in [-0.3, -0.25) is 10.4 Å². The molecule has 0 amide bonds. The number of rotatable bonds is 2. The molecular weight excluding hydrogens is 140 g/mol. The van der Waals surface area contributed by atoms with Crippen molar-refractivity contribution in [2.75, 3.05) is 6.61 Å². The topological polar surface area (TPSA) is 46.0 Å². The molecular formula is C8H12N2O. The Labute approximate surface area is 66.6 Å². The Bertz CT molecular complexity index is 138. The molecule has 1 aromatic heterocycles. The van der Waals surface area contributed by atoms with Gasteiger partial charge >= 0.3 is 0 Å². The molecule has 0 bridgehead atoms. The highest BCUT2D eigenvalue weighted by Crippen LogP contribution is 1.73. The van der Waals surface area contributed by atoms with Crippen molar-refractivity contribution in [3.05, 3.63) is 30.6 Å². The molecule has 0 aliphatic heterocycles. The van der Waals surface area contributed by atoms with E-state index in [0.717, 1.165) is 6.40 Å². The van der Waals surface area contributed by atoms with E-state index in [2.05, 4.69) is 9.72 Å². The van der Waals surface area contributed by atoms with E-state index in [-0.39, 0.29) is 0 Å². The monoisotopic (exact) mass is 152 g/mol. The van der Waals surface area contributed by atoms with Crippen LogP contribution in [0.25, 0.3) is 0 Å². The van der Waals surface area contributed by atoms with Gasteiger partial charge in [0.25, 0.3) is 0 Å². The highest BCUT2D eigenvalue weighted by Gasteiger charge is 1.58. The van der Waals surface area contributed by atoms with Crippen molar-refractivity contribution in [3.63, 3.8) is 0 Å². The Hall–Kier alpha value is -1.38. The zero-order valence-electron chi connectivity index (χ0n) is 6.53. The van der Waals surface area contributed by atoms with E-state index >= 15 is 0 Å². The van der Waals surface area contributed by atoms with E-state index in [0.29, 0.717) is 6.61 Å². The van der Waals surface area contributed by atoms with Crippen molar-refractivity contribution in [2.24, 2.45) is 0 Å². The average molecular weight is 152 g/mol. The summed E-state index contributed by atoms with van der Waals surface area (Å²) in [6, 6.07) is 5.72. The van der Waals surface area contributed by atoms with Gasteiger partial charge in [0.15, 0.2) is 6.40 Å². The molecule has 0 aliphatic carbocycles. The van der Waals surface area contributed by atoms with Crippen LogP contribution in [0, 0.1) is 5.41 Å². The minimum absolute atomic E-state index is 0.601. The quantitative estimate of drug-likeness (QED) is 0.518. The zero-order valence-corrected chi connectivity index (χ0v) is 6.53. The summed E-state index contributed by atoms with van der Waals surface area (Å²) >= 11 is 0. The van der Waals surface area contributed by atoms with Crippen LogP contribution < -0.4 is 0 Å². The molecule has 3 heteroatoms. The Morgan fingerprint density at radius 1 is 1.36 bits per heavy atom. The van der Waals surface area contributed by atoms with E-state index in [1.165, 1.54) is 0 Å². The van der Waals surface area contributed by atoms with Gasteiger partial charge in [0.2, 0.25) is 0 Å². The largest absolute Gasteiger partial charge is 0.484 e. The first-order valence-corrected chi connectivity index (χ1v) is 3.37. The van der Waals surface area contributed by atoms with Crippen LogP contribution in [0.2, 0.25) is 0 Å². The Kier molecular flexibility index (Phi) is 7.54. The number of ether oxygens (including phenoxy) is 1. The van der Waals surface area contributed by atoms with Gasteiger partial charge in [-0.05, 0) is 19.1 Å². The molecule has 0 spiro atoms. The molecule has 0 aromatic carbocycles. The molecule has 0 atom stereocenters. The highest BCUT2D eigenvalue weighted by atomic mass is 16.5. The van der Waals surface area contributed by atoms with Gasteiger partial charge in [-0.2, -0.15) is 0 Å². The van der Waals surface area contributed by atoms with Gasteiger partial charge in [0, 0.05) is 12.4 Å². The minimum atomic E-state index is 0.601. The van der Waals surface area contributed by atoms with E-state index in [9.17, 15) is 0 Å². The summed E-state index contributed by atoms with van der Waals surface area (Å²) in [7, 11) is 0. The summed E-state index contributed by atoms with van der Waals surface area (Å²) in [5.74, 6) is 0. The van der Waals surface area contributed by atoms with Gasteiger partial charge in [0.05, 0.1) is 6.61 Å². The maximum absolute atomic E-state index is 6.26. The fraction of sp³-hybridized carbons (Fsp3) is 0.250. The number of hydrogen-bond acceptors (Lipinski definition) is 3. The van der Waals surface area contributed by atoms with E-state index < -0.39 is 0 Å². The van der Waals surface area contributed by atoms with Crippen LogP contribution in [0.4, 0.5) is 0 Å². The first-order valence-electron chi connectivity index (χ1n) is 3.37. The predicted molar refractivity (Wildman–Crippen MR) is 44.6 cm³/mol. The SMILES string of the molecule is CCOC=N.c1ccncc1. The maximum atomic E-state index is 6.26. The van der Waals surface area contributed by atoms with Gasteiger partial charge in [0.1, 0.15) is 0 Å². The molecule has 3 nitrogen and oxygen atoms in total. The van der Waals surface area contributed by atoms with E-state index in [4.69, 9.17) is 5.41 Å². The predicted octanol–water partition coefficient (Wildman–Crippen LogP) is 1.71. The summed E-state index contributed by atoms with van der Waals surface area (Å²) in [6.45, 7) is 2.44. The average Bonchev–Trinajstić information content (AvgIpc) is 2.10. The fourth-order valence-corrected chi connectivity index (χ4v) is 0.396. The number of hydrogen-bond donors (Lipinski definition) is 1. The van der Waals surface area contributed by atoms with Gasteiger partial charge < -0.3 is 4.74 Å². The lowest BCUT2D eigenvalue weighted by Crippen LogP contribution is -1.80. The normalized spacial score (nSPS) is 7.36. The third kappa shape index (κ3) is 8.62. The summed E-state index contributed by atoms with van der Waals surface area (Å²) in [5.41, 5.74) is 0. The zero-order chi connectivity index (χ0) is 8.36. The van der Waals surface area contributed by atoms with Crippen LogP contribution >= 0.6 is 0 Å². The number of nitrogens with zero attached hydrogens (tertiary/aromatic N) is 1. The third-order valence-corrected chi connectivity index (χ3v) is 0.816. The van der Waals surface area contributed by atoms with Crippen molar-refractivity contribution in [3.8, 4) is 0 Å². The second-order valence-corrected chi connectivity index (χ2v) is 1.60. The van der Waals surface area contributed by atoms with Crippen LogP contribution in [0.1, 0.15) is 6.92 Å². The minimum Gasteiger partial charge on any atom is -0.484 e. The molecule has 0 saturated carbocycles. The van der Waals surface area contributed by atoms with Crippen molar-refractivity contribution >= 4 is 6.40 Å². The van der Waals surface area contributed by atoms with Crippen molar-refractivity contribution in [1.29, 1.82) is 5.41 Å². The molecule has 11 heavy (non-hydrogen) atoms. The van der Waals surface area contributed by atoms with Crippen LogP contribution in [-0.2, 0) is 4.74 Å². The van der Waals surface area contributed by atoms with Crippen LogP contribution in [0.5, 0.6) is 0 Å². The summed E-state index contributed by atoms with van der Waals surface area (Å²) < 4.78 is 4.38. The number of pyridine rings is 1. The van der Waals surface area contributed by atoms with Crippen LogP contribution in [-0.4, -0.2) is 18.0 Å². The molecule has 0 unspecified atom stereocenters. The van der Waals surface area contributed by atoms with Crippen LogP contribution in [0.3, 0.4) is 0 Å². The standard InChI is InChI=1S/C5H5N.C3H7NO/c1-2-4-6-5-3-1;1-2-5-3-4/h1-5H;3-4H,2H2,1H3. The number of nitrogens with one attached hydrogen (secondary N) is 1. The summed E-state index contributed by atoms with van der Waals surface area (Å²) in [5, 5.41) is 6.26. The van der Waals surface area contributed by atoms with Gasteiger partial charge in [-0.1, -0.05) is 6.07 Å². The highest BCUT2D eigenvalue weighted by molar-refractivity contribution is 5.40. The fourth-order valence-electron chi connectivity index (χ4n) is 0.396. The second-order valence-electron chi connectivity index (χ2n) is 1.60. The molecule has 1 N–H and O–H groups in total.